The lowest BCUT2D eigenvalue weighted by Crippen LogP contribution is -2.48. The third kappa shape index (κ3) is 3.55. The highest BCUT2D eigenvalue weighted by molar-refractivity contribution is 5.96. The molecule has 1 radical (unpaired) electrons. The van der Waals surface area contributed by atoms with Gasteiger partial charge in [0.15, 0.2) is 0 Å². The van der Waals surface area contributed by atoms with Gasteiger partial charge in [-0.1, -0.05) is 18.2 Å². The largest absolute Gasteiger partial charge is 0.368 e. The number of aryl methyl sites for hydroxylation is 1. The standard InChI is InChI=1S/C18H24N3O2/c19-18(23)16-8-3-4-11-20(16)12-5-13-21-15-7-2-1-6-14(15)9-10-17(21)22/h1-3,6-7,16H,4-5,8-13H2,(H2,19,23). The van der Waals surface area contributed by atoms with Gasteiger partial charge in [-0.2, -0.15) is 0 Å². The molecule has 0 saturated carbocycles. The van der Waals surface area contributed by atoms with Gasteiger partial charge in [-0.15, -0.1) is 0 Å². The Morgan fingerprint density at radius 1 is 1.22 bits per heavy atom. The number of para-hydroxylation sites is 1. The van der Waals surface area contributed by atoms with E-state index in [0.29, 0.717) is 13.0 Å². The topological polar surface area (TPSA) is 66.6 Å². The van der Waals surface area contributed by atoms with Crippen molar-refractivity contribution in [3.8, 4) is 0 Å². The molecule has 5 nitrogen and oxygen atoms in total. The van der Waals surface area contributed by atoms with Gasteiger partial charge in [0.2, 0.25) is 11.8 Å². The van der Waals surface area contributed by atoms with Crippen LogP contribution in [0.25, 0.3) is 0 Å². The van der Waals surface area contributed by atoms with Crippen molar-refractivity contribution in [3.05, 3.63) is 36.2 Å². The van der Waals surface area contributed by atoms with Crippen LogP contribution in [0, 0.1) is 6.42 Å². The van der Waals surface area contributed by atoms with Crippen molar-refractivity contribution in [1.82, 2.24) is 4.90 Å². The second-order valence-electron chi connectivity index (χ2n) is 6.29. The summed E-state index contributed by atoms with van der Waals surface area (Å²) in [5.41, 5.74) is 7.78. The number of benzene rings is 1. The van der Waals surface area contributed by atoms with Crippen LogP contribution >= 0.6 is 0 Å². The third-order valence-electron chi connectivity index (χ3n) is 4.80. The maximum absolute atomic E-state index is 12.2. The Balaban J connectivity index is 1.60. The van der Waals surface area contributed by atoms with E-state index < -0.39 is 0 Å². The van der Waals surface area contributed by atoms with Crippen LogP contribution in [-0.4, -0.2) is 42.4 Å². The molecule has 0 spiro atoms. The minimum Gasteiger partial charge on any atom is -0.368 e. The number of carbonyl (C=O) groups excluding carboxylic acids is 2. The number of rotatable bonds is 5. The molecule has 1 unspecified atom stereocenters. The highest BCUT2D eigenvalue weighted by Gasteiger charge is 2.27. The molecule has 1 fully saturated rings. The summed E-state index contributed by atoms with van der Waals surface area (Å²) < 4.78 is 0. The highest BCUT2D eigenvalue weighted by atomic mass is 16.2. The van der Waals surface area contributed by atoms with Gasteiger partial charge in [-0.25, -0.2) is 0 Å². The molecular weight excluding hydrogens is 290 g/mol. The lowest BCUT2D eigenvalue weighted by molar-refractivity contribution is -0.124. The van der Waals surface area contributed by atoms with Crippen LogP contribution < -0.4 is 10.6 Å². The summed E-state index contributed by atoms with van der Waals surface area (Å²) in [5.74, 6) is -0.0533. The second kappa shape index (κ2) is 7.13. The van der Waals surface area contributed by atoms with Gasteiger partial charge >= 0.3 is 0 Å². The van der Waals surface area contributed by atoms with Crippen molar-refractivity contribution in [2.45, 2.75) is 38.1 Å². The molecule has 3 rings (SSSR count). The molecule has 5 heteroatoms. The first-order chi connectivity index (χ1) is 11.2. The zero-order chi connectivity index (χ0) is 16.2. The summed E-state index contributed by atoms with van der Waals surface area (Å²) in [5, 5.41) is 0. The summed E-state index contributed by atoms with van der Waals surface area (Å²) in [6.45, 7) is 2.37. The smallest absolute Gasteiger partial charge is 0.234 e. The number of carbonyl (C=O) groups is 2. The van der Waals surface area contributed by atoms with E-state index in [4.69, 9.17) is 5.73 Å². The molecule has 2 N–H and O–H groups in total. The fourth-order valence-electron chi connectivity index (χ4n) is 3.58. The molecule has 2 heterocycles. The van der Waals surface area contributed by atoms with E-state index in [-0.39, 0.29) is 17.9 Å². The summed E-state index contributed by atoms with van der Waals surface area (Å²) in [6, 6.07) is 7.93. The number of amides is 2. The van der Waals surface area contributed by atoms with E-state index in [0.717, 1.165) is 44.5 Å². The van der Waals surface area contributed by atoms with Crippen molar-refractivity contribution < 1.29 is 9.59 Å². The average molecular weight is 314 g/mol. The first-order valence-electron chi connectivity index (χ1n) is 8.40. The van der Waals surface area contributed by atoms with Crippen molar-refractivity contribution in [3.63, 3.8) is 0 Å². The van der Waals surface area contributed by atoms with Gasteiger partial charge in [0.25, 0.3) is 0 Å². The molecule has 0 aliphatic carbocycles. The predicted molar refractivity (Wildman–Crippen MR) is 89.8 cm³/mol. The van der Waals surface area contributed by atoms with Crippen LogP contribution in [0.15, 0.2) is 24.3 Å². The second-order valence-corrected chi connectivity index (χ2v) is 6.29. The fourth-order valence-corrected chi connectivity index (χ4v) is 3.58. The zero-order valence-corrected chi connectivity index (χ0v) is 13.4. The normalized spacial score (nSPS) is 22.0. The number of likely N-dealkylation sites (tertiary alicyclic amines) is 1. The Bertz CT molecular complexity index is 587. The third-order valence-corrected chi connectivity index (χ3v) is 4.80. The number of piperidine rings is 1. The number of nitrogens with zero attached hydrogens (tertiary/aromatic N) is 2. The first-order valence-corrected chi connectivity index (χ1v) is 8.40. The SMILES string of the molecule is NC(=O)C1C[CH]CCN1CCCN1C(=O)CCc2ccccc21. The van der Waals surface area contributed by atoms with E-state index in [1.165, 1.54) is 5.56 Å². The zero-order valence-electron chi connectivity index (χ0n) is 13.4. The molecule has 1 aromatic carbocycles. The molecule has 2 aliphatic rings. The number of nitrogens with two attached hydrogens (primary N) is 1. The average Bonchev–Trinajstić information content (AvgIpc) is 2.57. The monoisotopic (exact) mass is 314 g/mol. The van der Waals surface area contributed by atoms with E-state index >= 15 is 0 Å². The summed E-state index contributed by atoms with van der Waals surface area (Å²) in [7, 11) is 0. The van der Waals surface area contributed by atoms with Gasteiger partial charge in [-0.05, 0) is 50.3 Å². The number of hydrogen-bond donors (Lipinski definition) is 1. The van der Waals surface area contributed by atoms with Gasteiger partial charge < -0.3 is 10.6 Å². The Morgan fingerprint density at radius 2 is 2.04 bits per heavy atom. The highest BCUT2D eigenvalue weighted by Crippen LogP contribution is 2.27. The summed E-state index contributed by atoms with van der Waals surface area (Å²) in [6.07, 6.45) is 6.13. The molecule has 1 saturated heterocycles. The van der Waals surface area contributed by atoms with Crippen molar-refractivity contribution in [1.29, 1.82) is 0 Å². The predicted octanol–water partition coefficient (Wildman–Crippen LogP) is 1.51. The summed E-state index contributed by atoms with van der Waals surface area (Å²) in [4.78, 5) is 27.8. The molecule has 0 aromatic heterocycles. The van der Waals surface area contributed by atoms with E-state index in [9.17, 15) is 9.59 Å². The van der Waals surface area contributed by atoms with Crippen LogP contribution in [-0.2, 0) is 16.0 Å². The molecule has 123 valence electrons. The molecule has 2 amide bonds. The van der Waals surface area contributed by atoms with Crippen LogP contribution in [0.4, 0.5) is 5.69 Å². The molecule has 2 aliphatic heterocycles. The Kier molecular flexibility index (Phi) is 4.96. The van der Waals surface area contributed by atoms with Gasteiger partial charge in [0.1, 0.15) is 0 Å². The van der Waals surface area contributed by atoms with E-state index in [1.54, 1.807) is 0 Å². The van der Waals surface area contributed by atoms with Crippen molar-refractivity contribution >= 4 is 17.5 Å². The molecule has 23 heavy (non-hydrogen) atoms. The number of fused-ring (bicyclic) bond motifs is 1. The molecule has 1 atom stereocenters. The maximum atomic E-state index is 12.2. The summed E-state index contributed by atoms with van der Waals surface area (Å²) >= 11 is 0. The first kappa shape index (κ1) is 16.0. The van der Waals surface area contributed by atoms with Crippen molar-refractivity contribution in [2.24, 2.45) is 5.73 Å². The van der Waals surface area contributed by atoms with Crippen LogP contribution in [0.2, 0.25) is 0 Å². The minimum absolute atomic E-state index is 0.187. The molecular formula is C18H24N3O2. The molecule has 1 aromatic rings. The van der Waals surface area contributed by atoms with Gasteiger partial charge in [0, 0.05) is 25.2 Å². The Labute approximate surface area is 137 Å². The van der Waals surface area contributed by atoms with E-state index in [1.807, 2.05) is 23.1 Å². The van der Waals surface area contributed by atoms with Crippen LogP contribution in [0.3, 0.4) is 0 Å². The Morgan fingerprint density at radius 3 is 2.87 bits per heavy atom. The quantitative estimate of drug-likeness (QED) is 0.896. The number of primary amides is 1. The number of hydrogen-bond acceptors (Lipinski definition) is 3. The Hall–Kier alpha value is -1.88. The minimum atomic E-state index is -0.250. The molecule has 0 bridgehead atoms. The van der Waals surface area contributed by atoms with Crippen LogP contribution in [0.5, 0.6) is 0 Å². The van der Waals surface area contributed by atoms with Crippen molar-refractivity contribution in [2.75, 3.05) is 24.5 Å². The van der Waals surface area contributed by atoms with Gasteiger partial charge in [-0.3, -0.25) is 14.5 Å². The number of anilines is 1. The maximum Gasteiger partial charge on any atom is 0.234 e. The van der Waals surface area contributed by atoms with Crippen LogP contribution in [0.1, 0.15) is 31.2 Å². The fraction of sp³-hybridized carbons (Fsp3) is 0.500. The van der Waals surface area contributed by atoms with E-state index in [2.05, 4.69) is 17.4 Å². The lowest BCUT2D eigenvalue weighted by atomic mass is 10.00. The van der Waals surface area contributed by atoms with Gasteiger partial charge in [0.05, 0.1) is 6.04 Å². The lowest BCUT2D eigenvalue weighted by Gasteiger charge is -2.34.